The van der Waals surface area contributed by atoms with E-state index < -0.39 is 0 Å². The zero-order valence-electron chi connectivity index (χ0n) is 21.9. The number of carbonyl (C=O) groups is 1. The number of rotatable bonds is 8. The third kappa shape index (κ3) is 8.34. The molecule has 2 aromatic rings. The van der Waals surface area contributed by atoms with Gasteiger partial charge in [0.1, 0.15) is 12.1 Å². The van der Waals surface area contributed by atoms with Crippen LogP contribution in [0.3, 0.4) is 0 Å². The van der Waals surface area contributed by atoms with Crippen molar-refractivity contribution >= 4 is 23.5 Å². The monoisotopic (exact) mass is 495 g/mol. The van der Waals surface area contributed by atoms with E-state index in [0.29, 0.717) is 12.6 Å². The first kappa shape index (κ1) is 26.7. The Morgan fingerprint density at radius 3 is 2.36 bits per heavy atom. The summed E-state index contributed by atoms with van der Waals surface area (Å²) in [7, 11) is 1.92. The molecule has 1 aromatic carbocycles. The molecule has 8 heteroatoms. The van der Waals surface area contributed by atoms with Crippen LogP contribution in [0.1, 0.15) is 56.4 Å². The number of hydrazine groups is 1. The minimum absolute atomic E-state index is 0.357. The topological polar surface area (TPSA) is 87.5 Å². The fourth-order valence-corrected chi connectivity index (χ4v) is 5.46. The number of likely N-dealkylation sites (N-methyl/N-ethyl adjacent to an activating group) is 1. The van der Waals surface area contributed by atoms with Crippen molar-refractivity contribution in [1.29, 1.82) is 0 Å². The molecule has 2 saturated heterocycles. The Morgan fingerprint density at radius 1 is 0.972 bits per heavy atom. The molecule has 3 fully saturated rings. The lowest BCUT2D eigenvalue weighted by molar-refractivity contribution is -0.109. The number of anilines is 3. The Kier molecular flexibility index (Phi) is 10.6. The number of piperidine rings is 1. The van der Waals surface area contributed by atoms with Crippen molar-refractivity contribution < 1.29 is 4.79 Å². The van der Waals surface area contributed by atoms with E-state index in [0.717, 1.165) is 81.5 Å². The van der Waals surface area contributed by atoms with Crippen LogP contribution in [0.15, 0.2) is 36.5 Å². The van der Waals surface area contributed by atoms with Crippen molar-refractivity contribution in [1.82, 2.24) is 26.1 Å². The summed E-state index contributed by atoms with van der Waals surface area (Å²) in [6.07, 6.45) is 12.0. The number of nitrogens with one attached hydrogen (secondary N) is 5. The number of piperazine rings is 1. The first-order chi connectivity index (χ1) is 17.7. The standard InChI is InChI=1S/C24H35N5O.C4H10N2/c1-28(14-15-30)27-22-8-5-13-29(18-22)24-16-23(17-25-24)26-21-11-9-20(10-12-21)19-6-3-2-4-7-19;1-2-6-4-3-5-1/h9-12,15-17,19,22,25-27H,2-8,13-14,18H2,1H3;5-6H,1-4H2/t22-;/m1./s1. The molecular formula is C28H45N7O. The molecule has 1 aliphatic carbocycles. The zero-order valence-corrected chi connectivity index (χ0v) is 21.9. The summed E-state index contributed by atoms with van der Waals surface area (Å²) in [4.78, 5) is 16.5. The normalized spacial score (nSPS) is 21.1. The molecule has 5 rings (SSSR count). The van der Waals surface area contributed by atoms with Crippen molar-refractivity contribution in [3.63, 3.8) is 0 Å². The maximum atomic E-state index is 10.7. The summed E-state index contributed by atoms with van der Waals surface area (Å²) in [5.41, 5.74) is 7.14. The SMILES string of the molecule is C1CNCCN1.CN(CC=O)N[C@@H]1CCCN(c2cc(Nc3ccc(C4CCCCC4)cc3)c[nH]2)C1. The van der Waals surface area contributed by atoms with Gasteiger partial charge in [-0.25, -0.2) is 5.01 Å². The number of carbonyl (C=O) groups excluding carboxylic acids is 1. The van der Waals surface area contributed by atoms with Crippen LogP contribution in [-0.4, -0.2) is 75.2 Å². The molecule has 1 atom stereocenters. The van der Waals surface area contributed by atoms with Crippen molar-refractivity contribution in [2.75, 3.05) is 63.1 Å². The first-order valence-corrected chi connectivity index (χ1v) is 13.8. The van der Waals surface area contributed by atoms with E-state index in [2.05, 4.69) is 61.6 Å². The molecule has 3 heterocycles. The molecule has 198 valence electrons. The maximum Gasteiger partial charge on any atom is 0.135 e. The first-order valence-electron chi connectivity index (χ1n) is 13.8. The molecule has 5 N–H and O–H groups in total. The number of aromatic nitrogens is 1. The van der Waals surface area contributed by atoms with E-state index in [9.17, 15) is 4.79 Å². The van der Waals surface area contributed by atoms with Gasteiger partial charge in [-0.15, -0.1) is 0 Å². The molecule has 36 heavy (non-hydrogen) atoms. The molecule has 8 nitrogen and oxygen atoms in total. The van der Waals surface area contributed by atoms with Gasteiger partial charge in [0.15, 0.2) is 0 Å². The average molecular weight is 496 g/mol. The highest BCUT2D eigenvalue weighted by atomic mass is 16.1. The largest absolute Gasteiger partial charge is 0.357 e. The quantitative estimate of drug-likeness (QED) is 0.283. The second-order valence-electron chi connectivity index (χ2n) is 10.3. The fourth-order valence-electron chi connectivity index (χ4n) is 5.46. The van der Waals surface area contributed by atoms with E-state index in [1.807, 2.05) is 18.3 Å². The average Bonchev–Trinajstić information content (AvgIpc) is 3.40. The Labute approximate surface area is 216 Å². The molecule has 1 saturated carbocycles. The van der Waals surface area contributed by atoms with Gasteiger partial charge in [0.25, 0.3) is 0 Å². The number of hydrogen-bond donors (Lipinski definition) is 5. The second kappa shape index (κ2) is 14.4. The zero-order chi connectivity index (χ0) is 25.0. The van der Waals surface area contributed by atoms with E-state index in [-0.39, 0.29) is 0 Å². The second-order valence-corrected chi connectivity index (χ2v) is 10.3. The Bertz CT molecular complexity index is 878. The number of nitrogens with zero attached hydrogens (tertiary/aromatic N) is 2. The van der Waals surface area contributed by atoms with Gasteiger partial charge in [-0.3, -0.25) is 5.43 Å². The van der Waals surface area contributed by atoms with Crippen molar-refractivity contribution in [2.45, 2.75) is 56.9 Å². The van der Waals surface area contributed by atoms with Crippen LogP contribution in [0.25, 0.3) is 0 Å². The van der Waals surface area contributed by atoms with Crippen LogP contribution in [0.2, 0.25) is 0 Å². The van der Waals surface area contributed by atoms with E-state index in [1.54, 1.807) is 0 Å². The third-order valence-electron chi connectivity index (χ3n) is 7.41. The third-order valence-corrected chi connectivity index (χ3v) is 7.41. The van der Waals surface area contributed by atoms with Crippen molar-refractivity contribution in [2.24, 2.45) is 0 Å². The Morgan fingerprint density at radius 2 is 1.69 bits per heavy atom. The van der Waals surface area contributed by atoms with Crippen LogP contribution < -0.4 is 26.3 Å². The number of hydrogen-bond acceptors (Lipinski definition) is 7. The summed E-state index contributed by atoms with van der Waals surface area (Å²) in [5, 5.41) is 11.9. The minimum Gasteiger partial charge on any atom is -0.357 e. The van der Waals surface area contributed by atoms with E-state index in [4.69, 9.17) is 0 Å². The van der Waals surface area contributed by atoms with Crippen LogP contribution in [0.4, 0.5) is 17.2 Å². The lowest BCUT2D eigenvalue weighted by Crippen LogP contribution is -2.51. The number of aromatic amines is 1. The van der Waals surface area contributed by atoms with Gasteiger partial charge < -0.3 is 30.6 Å². The van der Waals surface area contributed by atoms with Gasteiger partial charge >= 0.3 is 0 Å². The van der Waals surface area contributed by atoms with Gasteiger partial charge in [-0.05, 0) is 49.3 Å². The van der Waals surface area contributed by atoms with Crippen molar-refractivity contribution in [3.05, 3.63) is 42.1 Å². The molecule has 0 amide bonds. The smallest absolute Gasteiger partial charge is 0.135 e. The molecule has 0 unspecified atom stereocenters. The van der Waals surface area contributed by atoms with E-state index >= 15 is 0 Å². The van der Waals surface area contributed by atoms with Gasteiger partial charge in [-0.2, -0.15) is 0 Å². The lowest BCUT2D eigenvalue weighted by atomic mass is 9.84. The van der Waals surface area contributed by atoms with Crippen LogP contribution in [0.5, 0.6) is 0 Å². The molecule has 3 aliphatic rings. The predicted octanol–water partition coefficient (Wildman–Crippen LogP) is 3.59. The summed E-state index contributed by atoms with van der Waals surface area (Å²) in [5.74, 6) is 1.89. The molecule has 2 aliphatic heterocycles. The Balaban J connectivity index is 0.000000445. The Hall–Kier alpha value is -2.39. The van der Waals surface area contributed by atoms with Crippen molar-refractivity contribution in [3.8, 4) is 0 Å². The molecule has 0 bridgehead atoms. The van der Waals surface area contributed by atoms with Crippen LogP contribution in [0, 0.1) is 0 Å². The molecule has 0 radical (unpaired) electrons. The molecule has 1 aromatic heterocycles. The summed E-state index contributed by atoms with van der Waals surface area (Å²) < 4.78 is 0. The van der Waals surface area contributed by atoms with E-state index in [1.165, 1.54) is 37.7 Å². The van der Waals surface area contributed by atoms with Gasteiger partial charge in [0.05, 0.1) is 12.2 Å². The van der Waals surface area contributed by atoms with Crippen LogP contribution in [-0.2, 0) is 4.79 Å². The van der Waals surface area contributed by atoms with Crippen LogP contribution >= 0.6 is 0 Å². The van der Waals surface area contributed by atoms with Gasteiger partial charge in [0, 0.05) is 70.3 Å². The number of H-pyrrole nitrogens is 1. The summed E-state index contributed by atoms with van der Waals surface area (Å²) >= 11 is 0. The maximum absolute atomic E-state index is 10.7. The molecular weight excluding hydrogens is 450 g/mol. The van der Waals surface area contributed by atoms with Gasteiger partial charge in [0.2, 0.25) is 0 Å². The fraction of sp³-hybridized carbons (Fsp3) is 0.607. The highest BCUT2D eigenvalue weighted by molar-refractivity contribution is 5.64. The summed E-state index contributed by atoms with van der Waals surface area (Å²) in [6, 6.07) is 11.6. The molecule has 0 spiro atoms. The minimum atomic E-state index is 0.357. The highest BCUT2D eigenvalue weighted by Gasteiger charge is 2.22. The number of aldehydes is 1. The predicted molar refractivity (Wildman–Crippen MR) is 149 cm³/mol. The highest BCUT2D eigenvalue weighted by Crippen LogP contribution is 2.33. The van der Waals surface area contributed by atoms with Gasteiger partial charge in [-0.1, -0.05) is 31.4 Å². The lowest BCUT2D eigenvalue weighted by Gasteiger charge is -2.35. The summed E-state index contributed by atoms with van der Waals surface area (Å²) in [6.45, 7) is 6.94. The number of benzene rings is 1.